The van der Waals surface area contributed by atoms with E-state index >= 15 is 0 Å². The Morgan fingerprint density at radius 3 is 1.40 bits per heavy atom. The predicted molar refractivity (Wildman–Crippen MR) is 164 cm³/mol. The number of fused-ring (bicyclic) bond motifs is 2. The average Bonchev–Trinajstić information content (AvgIpc) is 3.64. The molecule has 2 aliphatic rings. The van der Waals surface area contributed by atoms with Gasteiger partial charge < -0.3 is 30.4 Å². The molecule has 0 atom stereocenters. The Balaban J connectivity index is 0.000000162. The fraction of sp³-hybridized carbons (Fsp3) is 0.312. The summed E-state index contributed by atoms with van der Waals surface area (Å²) in [6, 6.07) is 16.8. The lowest BCUT2D eigenvalue weighted by molar-refractivity contribution is -0.159. The summed E-state index contributed by atoms with van der Waals surface area (Å²) in [6.07, 6.45) is 10.9. The molecule has 0 aliphatic carbocycles. The summed E-state index contributed by atoms with van der Waals surface area (Å²) in [5, 5.41) is 35.3. The van der Waals surface area contributed by atoms with E-state index in [1.54, 1.807) is 0 Å². The quantitative estimate of drug-likeness (QED) is 0.191. The number of carboxylic acid groups (broad SMARTS) is 2. The third-order valence-corrected chi connectivity index (χ3v) is 7.47. The highest BCUT2D eigenvalue weighted by Crippen LogP contribution is 2.30. The van der Waals surface area contributed by atoms with Crippen LogP contribution < -0.4 is 0 Å². The molecule has 2 aliphatic heterocycles. The SMILES string of the molecule is O=C(O)C(=O)O.OCCN1CC=C(c2c[nH]c3ccccc23)CC1.OCCN1CC=C(c2c[nH]c3ccccc23)CC1. The highest BCUT2D eigenvalue weighted by Gasteiger charge is 2.16. The van der Waals surface area contributed by atoms with Gasteiger partial charge in [-0.05, 0) is 36.1 Å². The maximum atomic E-state index is 9.10. The van der Waals surface area contributed by atoms with Gasteiger partial charge in [0, 0.05) is 84.6 Å². The second-order valence-corrected chi connectivity index (χ2v) is 10.1. The minimum absolute atomic E-state index is 0.246. The van der Waals surface area contributed by atoms with Gasteiger partial charge in [-0.3, -0.25) is 9.80 Å². The molecule has 0 radical (unpaired) electrons. The topological polar surface area (TPSA) is 153 Å². The van der Waals surface area contributed by atoms with Crippen LogP contribution in [0, 0.1) is 0 Å². The smallest absolute Gasteiger partial charge is 0.414 e. The van der Waals surface area contributed by atoms with Crippen molar-refractivity contribution in [2.75, 3.05) is 52.5 Å². The molecule has 0 bridgehead atoms. The standard InChI is InChI=1S/2C15H18N2O.C2H2O4/c2*18-10-9-17-7-5-12(6-8-17)14-11-16-15-4-2-1-3-13(14)15;3-1(4)2(5)6/h2*1-5,11,16,18H,6-10H2;(H,3,4)(H,5,6). The lowest BCUT2D eigenvalue weighted by Crippen LogP contribution is -2.31. The number of H-pyrrole nitrogens is 2. The van der Waals surface area contributed by atoms with E-state index in [9.17, 15) is 0 Å². The molecule has 0 saturated heterocycles. The number of nitrogens with zero attached hydrogens (tertiary/aromatic N) is 2. The summed E-state index contributed by atoms with van der Waals surface area (Å²) >= 11 is 0. The lowest BCUT2D eigenvalue weighted by atomic mass is 9.99. The zero-order valence-electron chi connectivity index (χ0n) is 23.5. The van der Waals surface area contributed by atoms with E-state index in [4.69, 9.17) is 30.0 Å². The second-order valence-electron chi connectivity index (χ2n) is 10.1. The molecular weight excluding hydrogens is 536 g/mol. The number of aliphatic carboxylic acids is 2. The normalized spacial score (nSPS) is 15.7. The van der Waals surface area contributed by atoms with Crippen molar-refractivity contribution in [1.29, 1.82) is 0 Å². The molecule has 4 aromatic rings. The summed E-state index contributed by atoms with van der Waals surface area (Å²) in [7, 11) is 0. The number of carbonyl (C=O) groups is 2. The van der Waals surface area contributed by atoms with E-state index in [1.807, 2.05) is 0 Å². The maximum absolute atomic E-state index is 9.10. The van der Waals surface area contributed by atoms with Gasteiger partial charge >= 0.3 is 11.9 Å². The number of nitrogens with one attached hydrogen (secondary N) is 2. The summed E-state index contributed by atoms with van der Waals surface area (Å²) in [4.78, 5) is 29.4. The lowest BCUT2D eigenvalue weighted by Gasteiger charge is -2.25. The molecule has 0 unspecified atom stereocenters. The molecule has 222 valence electrons. The molecule has 42 heavy (non-hydrogen) atoms. The Hall–Kier alpha value is -4.22. The Labute approximate surface area is 244 Å². The molecule has 6 N–H and O–H groups in total. The van der Waals surface area contributed by atoms with E-state index in [0.717, 1.165) is 52.1 Å². The average molecular weight is 575 g/mol. The van der Waals surface area contributed by atoms with E-state index in [-0.39, 0.29) is 13.2 Å². The largest absolute Gasteiger partial charge is 0.473 e. The number of hydrogen-bond acceptors (Lipinski definition) is 6. The van der Waals surface area contributed by atoms with Crippen molar-refractivity contribution in [3.05, 3.63) is 84.2 Å². The van der Waals surface area contributed by atoms with Gasteiger partial charge in [-0.2, -0.15) is 0 Å². The fourth-order valence-electron chi connectivity index (χ4n) is 5.28. The van der Waals surface area contributed by atoms with Crippen LogP contribution in [0.2, 0.25) is 0 Å². The van der Waals surface area contributed by atoms with Crippen LogP contribution in [0.5, 0.6) is 0 Å². The summed E-state index contributed by atoms with van der Waals surface area (Å²) in [6.45, 7) is 5.99. The van der Waals surface area contributed by atoms with Crippen LogP contribution in [-0.4, -0.2) is 105 Å². The number of aliphatic hydroxyl groups is 2. The molecule has 0 saturated carbocycles. The van der Waals surface area contributed by atoms with E-state index in [2.05, 4.69) is 92.8 Å². The van der Waals surface area contributed by atoms with E-state index in [0.29, 0.717) is 0 Å². The van der Waals surface area contributed by atoms with Gasteiger partial charge in [0.15, 0.2) is 0 Å². The minimum atomic E-state index is -1.82. The van der Waals surface area contributed by atoms with E-state index in [1.165, 1.54) is 44.1 Å². The van der Waals surface area contributed by atoms with Gasteiger partial charge in [0.05, 0.1) is 13.2 Å². The second kappa shape index (κ2) is 15.1. The number of aliphatic hydroxyl groups excluding tert-OH is 2. The fourth-order valence-corrected chi connectivity index (χ4v) is 5.28. The molecule has 10 nitrogen and oxygen atoms in total. The van der Waals surface area contributed by atoms with Crippen LogP contribution in [0.15, 0.2) is 73.1 Å². The van der Waals surface area contributed by atoms with Gasteiger partial charge in [0.25, 0.3) is 0 Å². The van der Waals surface area contributed by atoms with Crippen molar-refractivity contribution >= 4 is 44.9 Å². The van der Waals surface area contributed by atoms with Crippen LogP contribution in [0.4, 0.5) is 0 Å². The number of aromatic amines is 2. The van der Waals surface area contributed by atoms with Gasteiger partial charge in [-0.1, -0.05) is 48.6 Å². The Morgan fingerprint density at radius 1 is 0.667 bits per heavy atom. The monoisotopic (exact) mass is 574 g/mol. The first-order chi connectivity index (χ1) is 20.4. The zero-order chi connectivity index (χ0) is 29.9. The summed E-state index contributed by atoms with van der Waals surface area (Å²) < 4.78 is 0. The number of β-amino-alcohol motifs (C(OH)–C–C–N with tert-alkyl or cyclic N) is 2. The van der Waals surface area contributed by atoms with Crippen LogP contribution in [0.25, 0.3) is 33.0 Å². The number of benzene rings is 2. The van der Waals surface area contributed by atoms with Crippen LogP contribution >= 0.6 is 0 Å². The highest BCUT2D eigenvalue weighted by molar-refractivity contribution is 6.27. The van der Waals surface area contributed by atoms with Gasteiger partial charge in [0.1, 0.15) is 0 Å². The van der Waals surface area contributed by atoms with Crippen LogP contribution in [0.3, 0.4) is 0 Å². The molecule has 6 rings (SSSR count). The number of carboxylic acids is 2. The third-order valence-electron chi connectivity index (χ3n) is 7.47. The molecule has 2 aromatic heterocycles. The molecule has 0 fully saturated rings. The van der Waals surface area contributed by atoms with Gasteiger partial charge in [-0.15, -0.1) is 0 Å². The van der Waals surface area contributed by atoms with Crippen LogP contribution in [-0.2, 0) is 9.59 Å². The molecule has 10 heteroatoms. The molecule has 0 spiro atoms. The van der Waals surface area contributed by atoms with Crippen molar-refractivity contribution in [2.24, 2.45) is 0 Å². The molecule has 4 heterocycles. The Bertz CT molecular complexity index is 1440. The molecule has 2 aromatic carbocycles. The van der Waals surface area contributed by atoms with Crippen molar-refractivity contribution in [1.82, 2.24) is 19.8 Å². The van der Waals surface area contributed by atoms with Crippen molar-refractivity contribution in [3.63, 3.8) is 0 Å². The maximum Gasteiger partial charge on any atom is 0.414 e. The number of aromatic nitrogens is 2. The molecule has 0 amide bonds. The van der Waals surface area contributed by atoms with Gasteiger partial charge in [-0.25, -0.2) is 9.59 Å². The molecular formula is C32H38N4O6. The highest BCUT2D eigenvalue weighted by atomic mass is 16.4. The Morgan fingerprint density at radius 2 is 1.07 bits per heavy atom. The third kappa shape index (κ3) is 7.95. The predicted octanol–water partition coefficient (Wildman–Crippen LogP) is 3.65. The Kier molecular flexibility index (Phi) is 11.1. The first kappa shape index (κ1) is 30.7. The van der Waals surface area contributed by atoms with Crippen LogP contribution in [0.1, 0.15) is 24.0 Å². The number of para-hydroxylation sites is 2. The summed E-state index contributed by atoms with van der Waals surface area (Å²) in [5.74, 6) is -3.65. The van der Waals surface area contributed by atoms with Gasteiger partial charge in [0.2, 0.25) is 0 Å². The minimum Gasteiger partial charge on any atom is -0.473 e. The van der Waals surface area contributed by atoms with Crippen molar-refractivity contribution in [3.8, 4) is 0 Å². The van der Waals surface area contributed by atoms with Crippen molar-refractivity contribution in [2.45, 2.75) is 12.8 Å². The first-order valence-corrected chi connectivity index (χ1v) is 14.0. The number of hydrogen-bond donors (Lipinski definition) is 6. The van der Waals surface area contributed by atoms with Crippen molar-refractivity contribution < 1.29 is 30.0 Å². The summed E-state index contributed by atoms with van der Waals surface area (Å²) in [5.41, 5.74) is 7.89. The number of rotatable bonds is 6. The van der Waals surface area contributed by atoms with E-state index < -0.39 is 11.9 Å². The first-order valence-electron chi connectivity index (χ1n) is 14.0. The zero-order valence-corrected chi connectivity index (χ0v) is 23.5.